The lowest BCUT2D eigenvalue weighted by Crippen LogP contribution is -2.05. The van der Waals surface area contributed by atoms with E-state index in [1.54, 1.807) is 20.3 Å². The lowest BCUT2D eigenvalue weighted by Gasteiger charge is -2.18. The van der Waals surface area contributed by atoms with Crippen LogP contribution in [0, 0.1) is 0 Å². The summed E-state index contributed by atoms with van der Waals surface area (Å²) in [5, 5.41) is 0. The highest BCUT2D eigenvalue weighted by Gasteiger charge is 2.18. The fraction of sp³-hybridized carbons (Fsp3) is 0.417. The van der Waals surface area contributed by atoms with E-state index in [4.69, 9.17) is 14.2 Å². The fourth-order valence-corrected chi connectivity index (χ4v) is 1.62. The maximum absolute atomic E-state index is 10.4. The van der Waals surface area contributed by atoms with E-state index in [-0.39, 0.29) is 6.10 Å². The molecule has 0 aromatic heterocycles. The van der Waals surface area contributed by atoms with E-state index in [0.717, 1.165) is 5.56 Å². The Hall–Kier alpha value is -1.71. The molecule has 0 saturated heterocycles. The zero-order valence-corrected chi connectivity index (χ0v) is 9.73. The van der Waals surface area contributed by atoms with Gasteiger partial charge in [0.15, 0.2) is 11.5 Å². The third-order valence-electron chi connectivity index (χ3n) is 2.37. The van der Waals surface area contributed by atoms with Crippen LogP contribution in [0.3, 0.4) is 0 Å². The minimum Gasteiger partial charge on any atom is -0.493 e. The summed E-state index contributed by atoms with van der Waals surface area (Å²) in [6.07, 6.45) is 0.380. The fourth-order valence-electron chi connectivity index (χ4n) is 1.62. The van der Waals surface area contributed by atoms with E-state index in [1.807, 2.05) is 19.1 Å². The van der Waals surface area contributed by atoms with Crippen molar-refractivity contribution in [2.45, 2.75) is 19.4 Å². The van der Waals surface area contributed by atoms with Gasteiger partial charge in [0.2, 0.25) is 0 Å². The molecule has 0 saturated carbocycles. The second-order valence-electron chi connectivity index (χ2n) is 3.21. The highest BCUT2D eigenvalue weighted by molar-refractivity contribution is 5.49. The Kier molecular flexibility index (Phi) is 4.64. The monoisotopic (exact) mass is 224 g/mol. The smallest absolute Gasteiger partial charge is 0.293 e. The largest absolute Gasteiger partial charge is 0.493 e. The molecular weight excluding hydrogens is 208 g/mol. The molecule has 0 aliphatic carbocycles. The average molecular weight is 224 g/mol. The molecule has 1 rings (SSSR count). The third-order valence-corrected chi connectivity index (χ3v) is 2.37. The molecule has 4 nitrogen and oxygen atoms in total. The molecule has 0 N–H and O–H groups in total. The lowest BCUT2D eigenvalue weighted by molar-refractivity contribution is -0.134. The SMILES string of the molecule is CCC(OC=O)c1cccc(OC)c1OC. The number of methoxy groups -OCH3 is 2. The third kappa shape index (κ3) is 2.45. The predicted octanol–water partition coefficient (Wildman–Crippen LogP) is 2.33. The number of ether oxygens (including phenoxy) is 3. The zero-order chi connectivity index (χ0) is 12.0. The van der Waals surface area contributed by atoms with E-state index >= 15 is 0 Å². The normalized spacial score (nSPS) is 11.7. The summed E-state index contributed by atoms with van der Waals surface area (Å²) in [7, 11) is 3.14. The summed E-state index contributed by atoms with van der Waals surface area (Å²) in [5.74, 6) is 1.24. The molecule has 16 heavy (non-hydrogen) atoms. The van der Waals surface area contributed by atoms with Gasteiger partial charge in [0.1, 0.15) is 6.10 Å². The van der Waals surface area contributed by atoms with E-state index < -0.39 is 0 Å². The van der Waals surface area contributed by atoms with E-state index in [2.05, 4.69) is 0 Å². The number of hydrogen-bond donors (Lipinski definition) is 0. The first kappa shape index (κ1) is 12.4. The van der Waals surface area contributed by atoms with Gasteiger partial charge in [0.25, 0.3) is 6.47 Å². The first-order chi connectivity index (χ1) is 7.78. The average Bonchev–Trinajstić information content (AvgIpc) is 2.34. The number of carbonyl (C=O) groups excluding carboxylic acids is 1. The van der Waals surface area contributed by atoms with Crippen LogP contribution in [0.15, 0.2) is 18.2 Å². The molecule has 1 unspecified atom stereocenters. The molecule has 0 aliphatic rings. The van der Waals surface area contributed by atoms with Crippen LogP contribution >= 0.6 is 0 Å². The zero-order valence-electron chi connectivity index (χ0n) is 9.73. The van der Waals surface area contributed by atoms with Crippen LogP contribution in [0.1, 0.15) is 25.0 Å². The van der Waals surface area contributed by atoms with Gasteiger partial charge in [0, 0.05) is 5.56 Å². The number of hydrogen-bond acceptors (Lipinski definition) is 4. The van der Waals surface area contributed by atoms with Gasteiger partial charge in [-0.3, -0.25) is 4.79 Å². The minimum absolute atomic E-state index is 0.303. The Morgan fingerprint density at radius 2 is 2.06 bits per heavy atom. The van der Waals surface area contributed by atoms with Crippen molar-refractivity contribution in [3.8, 4) is 11.5 Å². The van der Waals surface area contributed by atoms with Crippen LogP contribution in [-0.2, 0) is 9.53 Å². The van der Waals surface area contributed by atoms with Gasteiger partial charge in [-0.05, 0) is 12.5 Å². The maximum Gasteiger partial charge on any atom is 0.293 e. The second-order valence-corrected chi connectivity index (χ2v) is 3.21. The van der Waals surface area contributed by atoms with E-state index in [9.17, 15) is 4.79 Å². The first-order valence-corrected chi connectivity index (χ1v) is 5.08. The van der Waals surface area contributed by atoms with Crippen LogP contribution in [0.25, 0.3) is 0 Å². The number of rotatable bonds is 6. The number of carbonyl (C=O) groups is 1. The summed E-state index contributed by atoms with van der Waals surface area (Å²) in [6, 6.07) is 5.50. The first-order valence-electron chi connectivity index (χ1n) is 5.08. The Morgan fingerprint density at radius 1 is 1.31 bits per heavy atom. The maximum atomic E-state index is 10.4. The molecule has 0 spiro atoms. The lowest BCUT2D eigenvalue weighted by atomic mass is 10.1. The topological polar surface area (TPSA) is 44.8 Å². The number of para-hydroxylation sites is 1. The van der Waals surface area contributed by atoms with Gasteiger partial charge < -0.3 is 14.2 Å². The Balaban J connectivity index is 3.14. The molecule has 88 valence electrons. The van der Waals surface area contributed by atoms with Gasteiger partial charge in [0.05, 0.1) is 14.2 Å². The van der Waals surface area contributed by atoms with Crippen LogP contribution in [0.4, 0.5) is 0 Å². The molecule has 1 aromatic carbocycles. The Labute approximate surface area is 95.1 Å². The van der Waals surface area contributed by atoms with Gasteiger partial charge in [-0.15, -0.1) is 0 Å². The van der Waals surface area contributed by atoms with Gasteiger partial charge in [-0.1, -0.05) is 19.1 Å². The minimum atomic E-state index is -0.303. The van der Waals surface area contributed by atoms with Crippen molar-refractivity contribution in [3.63, 3.8) is 0 Å². The Morgan fingerprint density at radius 3 is 2.56 bits per heavy atom. The number of benzene rings is 1. The molecule has 0 fully saturated rings. The highest BCUT2D eigenvalue weighted by atomic mass is 16.5. The molecule has 0 aliphatic heterocycles. The molecule has 0 heterocycles. The van der Waals surface area contributed by atoms with Gasteiger partial charge in [-0.2, -0.15) is 0 Å². The predicted molar refractivity (Wildman–Crippen MR) is 59.7 cm³/mol. The van der Waals surface area contributed by atoms with Crippen LogP contribution in [0.2, 0.25) is 0 Å². The van der Waals surface area contributed by atoms with E-state index in [1.165, 1.54) is 0 Å². The molecule has 0 radical (unpaired) electrons. The molecule has 1 aromatic rings. The highest BCUT2D eigenvalue weighted by Crippen LogP contribution is 2.36. The van der Waals surface area contributed by atoms with Crippen molar-refractivity contribution in [1.29, 1.82) is 0 Å². The summed E-state index contributed by atoms with van der Waals surface area (Å²) >= 11 is 0. The summed E-state index contributed by atoms with van der Waals surface area (Å²) in [4.78, 5) is 10.4. The summed E-state index contributed by atoms with van der Waals surface area (Å²) in [5.41, 5.74) is 0.816. The van der Waals surface area contributed by atoms with Crippen molar-refractivity contribution in [1.82, 2.24) is 0 Å². The van der Waals surface area contributed by atoms with Crippen LogP contribution in [-0.4, -0.2) is 20.7 Å². The van der Waals surface area contributed by atoms with Crippen molar-refractivity contribution < 1.29 is 19.0 Å². The van der Waals surface area contributed by atoms with E-state index in [0.29, 0.717) is 24.4 Å². The van der Waals surface area contributed by atoms with Crippen LogP contribution in [0.5, 0.6) is 11.5 Å². The molecule has 4 heteroatoms. The second kappa shape index (κ2) is 6.00. The van der Waals surface area contributed by atoms with Crippen LogP contribution < -0.4 is 9.47 Å². The molecular formula is C12H16O4. The molecule has 0 bridgehead atoms. The van der Waals surface area contributed by atoms with Crippen molar-refractivity contribution in [3.05, 3.63) is 23.8 Å². The summed E-state index contributed by atoms with van der Waals surface area (Å²) in [6.45, 7) is 2.39. The van der Waals surface area contributed by atoms with Crippen molar-refractivity contribution >= 4 is 6.47 Å². The van der Waals surface area contributed by atoms with Crippen molar-refractivity contribution in [2.75, 3.05) is 14.2 Å². The van der Waals surface area contributed by atoms with Gasteiger partial charge >= 0.3 is 0 Å². The quantitative estimate of drug-likeness (QED) is 0.696. The van der Waals surface area contributed by atoms with Gasteiger partial charge in [-0.25, -0.2) is 0 Å². The molecule has 1 atom stereocenters. The summed E-state index contributed by atoms with van der Waals surface area (Å²) < 4.78 is 15.5. The standard InChI is InChI=1S/C12H16O4/c1-4-10(16-8-13)9-6-5-7-11(14-2)12(9)15-3/h5-8,10H,4H2,1-3H3. The Bertz CT molecular complexity index is 349. The van der Waals surface area contributed by atoms with Crippen molar-refractivity contribution in [2.24, 2.45) is 0 Å². The molecule has 0 amide bonds.